The van der Waals surface area contributed by atoms with Crippen molar-refractivity contribution in [2.24, 2.45) is 0 Å². The minimum absolute atomic E-state index is 0.133. The zero-order chi connectivity index (χ0) is 37.4. The number of rotatable bonds is 5. The molecule has 7 aromatic carbocycles. The quantitative estimate of drug-likeness (QED) is 0.178. The maximum Gasteiger partial charge on any atom is 0.164 e. The van der Waals surface area contributed by atoms with E-state index < -0.39 is 0 Å². The maximum atomic E-state index is 5.34. The zero-order valence-corrected chi connectivity index (χ0v) is 31.0. The molecule has 1 aliphatic rings. The Hall–Kier alpha value is -7.24. The minimum Gasteiger partial charge on any atom is -0.308 e. The van der Waals surface area contributed by atoms with E-state index in [0.717, 1.165) is 61.0 Å². The van der Waals surface area contributed by atoms with E-state index in [4.69, 9.17) is 19.9 Å². The highest BCUT2D eigenvalue weighted by molar-refractivity contribution is 6.22. The number of benzene rings is 7. The van der Waals surface area contributed by atoms with Crippen molar-refractivity contribution in [3.63, 3.8) is 0 Å². The molecule has 0 bridgehead atoms. The van der Waals surface area contributed by atoms with Gasteiger partial charge in [0.25, 0.3) is 0 Å². The van der Waals surface area contributed by atoms with Gasteiger partial charge in [0.05, 0.1) is 22.2 Å². The Labute approximate surface area is 324 Å². The van der Waals surface area contributed by atoms with E-state index in [1.165, 1.54) is 27.6 Å². The molecule has 0 fully saturated rings. The lowest BCUT2D eigenvalue weighted by Gasteiger charge is -2.21. The molecule has 0 aliphatic heterocycles. The second-order valence-corrected chi connectivity index (χ2v) is 15.1. The Morgan fingerprint density at radius 3 is 1.75 bits per heavy atom. The average Bonchev–Trinajstić information content (AvgIpc) is 3.73. The molecule has 0 saturated heterocycles. The number of hydrogen-bond acceptors (Lipinski definition) is 4. The highest BCUT2D eigenvalue weighted by Crippen LogP contribution is 2.49. The molecular weight excluding hydrogens is 683 g/mol. The van der Waals surface area contributed by atoms with E-state index >= 15 is 0 Å². The maximum absolute atomic E-state index is 5.34. The molecule has 0 saturated carbocycles. The van der Waals surface area contributed by atoms with Crippen LogP contribution in [0.25, 0.3) is 94.9 Å². The summed E-state index contributed by atoms with van der Waals surface area (Å²) in [6.45, 7) is 4.60. The Balaban J connectivity index is 1.07. The summed E-state index contributed by atoms with van der Waals surface area (Å²) < 4.78 is 2.38. The van der Waals surface area contributed by atoms with Crippen LogP contribution < -0.4 is 0 Å². The predicted molar refractivity (Wildman–Crippen MR) is 229 cm³/mol. The molecule has 0 atom stereocenters. The van der Waals surface area contributed by atoms with Crippen molar-refractivity contribution < 1.29 is 0 Å². The van der Waals surface area contributed by atoms with Gasteiger partial charge in [0.15, 0.2) is 17.5 Å². The van der Waals surface area contributed by atoms with Crippen molar-refractivity contribution in [1.29, 1.82) is 0 Å². The van der Waals surface area contributed by atoms with Crippen LogP contribution in [0.4, 0.5) is 0 Å². The van der Waals surface area contributed by atoms with Crippen LogP contribution in [0, 0.1) is 0 Å². The van der Waals surface area contributed by atoms with Crippen molar-refractivity contribution in [2.45, 2.75) is 19.3 Å². The van der Waals surface area contributed by atoms with Crippen molar-refractivity contribution in [1.82, 2.24) is 24.5 Å². The second-order valence-electron chi connectivity index (χ2n) is 15.1. The van der Waals surface area contributed by atoms with Gasteiger partial charge in [-0.1, -0.05) is 159 Å². The van der Waals surface area contributed by atoms with Crippen molar-refractivity contribution in [3.05, 3.63) is 187 Å². The fourth-order valence-electron chi connectivity index (χ4n) is 8.71. The van der Waals surface area contributed by atoms with Gasteiger partial charge in [-0.3, -0.25) is 0 Å². The molecule has 11 rings (SSSR count). The van der Waals surface area contributed by atoms with Crippen LogP contribution in [-0.4, -0.2) is 24.5 Å². The van der Waals surface area contributed by atoms with Crippen LogP contribution in [0.2, 0.25) is 0 Å². The van der Waals surface area contributed by atoms with Gasteiger partial charge in [-0.25, -0.2) is 19.9 Å². The predicted octanol–water partition coefficient (Wildman–Crippen LogP) is 12.5. The van der Waals surface area contributed by atoms with Crippen molar-refractivity contribution in [2.75, 3.05) is 0 Å². The first-order chi connectivity index (χ1) is 27.5. The van der Waals surface area contributed by atoms with Crippen LogP contribution in [-0.2, 0) is 5.41 Å². The third kappa shape index (κ3) is 4.94. The molecule has 0 amide bonds. The summed E-state index contributed by atoms with van der Waals surface area (Å²) in [5.74, 6) is 1.92. The van der Waals surface area contributed by atoms with E-state index in [9.17, 15) is 0 Å². The van der Waals surface area contributed by atoms with Crippen LogP contribution in [0.15, 0.2) is 176 Å². The van der Waals surface area contributed by atoms with Crippen LogP contribution >= 0.6 is 0 Å². The van der Waals surface area contributed by atoms with Gasteiger partial charge in [-0.05, 0) is 52.6 Å². The molecule has 0 radical (unpaired) electrons. The molecule has 56 heavy (non-hydrogen) atoms. The molecule has 0 unspecified atom stereocenters. The van der Waals surface area contributed by atoms with Crippen LogP contribution in [0.5, 0.6) is 0 Å². The van der Waals surface area contributed by atoms with E-state index in [0.29, 0.717) is 17.5 Å². The largest absolute Gasteiger partial charge is 0.308 e. The van der Waals surface area contributed by atoms with Gasteiger partial charge < -0.3 is 4.57 Å². The zero-order valence-electron chi connectivity index (χ0n) is 31.0. The molecule has 10 aromatic rings. The number of nitrogens with zero attached hydrogens (tertiary/aromatic N) is 5. The second kappa shape index (κ2) is 12.4. The van der Waals surface area contributed by atoms with Gasteiger partial charge in [0.2, 0.25) is 0 Å². The summed E-state index contributed by atoms with van der Waals surface area (Å²) in [5, 5.41) is 3.42. The lowest BCUT2D eigenvalue weighted by molar-refractivity contribution is 0.660. The SMILES string of the molecule is CC1(C)c2ccccc2-c2ccc(-c3nc(-c4ccccc4)nc(-c4ccc(-c5nc6ccccc6c6c5c5ccccc5n6-c5ccccc5)cc4)n3)cc21. The van der Waals surface area contributed by atoms with E-state index in [1.54, 1.807) is 0 Å². The fourth-order valence-corrected chi connectivity index (χ4v) is 8.71. The van der Waals surface area contributed by atoms with Gasteiger partial charge in [-0.2, -0.15) is 0 Å². The summed E-state index contributed by atoms with van der Waals surface area (Å²) in [6, 6.07) is 61.8. The Kier molecular flexibility index (Phi) is 7.13. The third-order valence-electron chi connectivity index (χ3n) is 11.4. The Morgan fingerprint density at radius 2 is 0.982 bits per heavy atom. The normalized spacial score (nSPS) is 13.0. The first-order valence-electron chi connectivity index (χ1n) is 19.1. The molecule has 3 heterocycles. The van der Waals surface area contributed by atoms with E-state index in [1.807, 2.05) is 18.2 Å². The van der Waals surface area contributed by atoms with Gasteiger partial charge in [-0.15, -0.1) is 0 Å². The van der Waals surface area contributed by atoms with Crippen LogP contribution in [0.3, 0.4) is 0 Å². The Morgan fingerprint density at radius 1 is 0.429 bits per heavy atom. The fraction of sp³-hybridized carbons (Fsp3) is 0.0588. The first kappa shape index (κ1) is 32.2. The van der Waals surface area contributed by atoms with E-state index in [-0.39, 0.29) is 5.41 Å². The molecule has 0 N–H and O–H groups in total. The topological polar surface area (TPSA) is 56.5 Å². The third-order valence-corrected chi connectivity index (χ3v) is 11.4. The van der Waals surface area contributed by atoms with Crippen molar-refractivity contribution in [3.8, 4) is 62.2 Å². The minimum atomic E-state index is -0.133. The number of para-hydroxylation sites is 3. The Bertz CT molecular complexity index is 3140. The summed E-state index contributed by atoms with van der Waals surface area (Å²) in [7, 11) is 0. The highest BCUT2D eigenvalue weighted by atomic mass is 15.0. The molecule has 5 heteroatoms. The summed E-state index contributed by atoms with van der Waals surface area (Å²) >= 11 is 0. The molecule has 1 aliphatic carbocycles. The molecular formula is C51H35N5. The molecule has 3 aromatic heterocycles. The molecule has 0 spiro atoms. The summed E-state index contributed by atoms with van der Waals surface area (Å²) in [6.07, 6.45) is 0. The number of aromatic nitrogens is 5. The monoisotopic (exact) mass is 717 g/mol. The average molecular weight is 718 g/mol. The highest BCUT2D eigenvalue weighted by Gasteiger charge is 2.35. The van der Waals surface area contributed by atoms with Gasteiger partial charge in [0.1, 0.15) is 0 Å². The summed E-state index contributed by atoms with van der Waals surface area (Å²) in [5.41, 5.74) is 14.2. The molecule has 5 nitrogen and oxygen atoms in total. The smallest absolute Gasteiger partial charge is 0.164 e. The van der Waals surface area contributed by atoms with Crippen molar-refractivity contribution >= 4 is 32.7 Å². The van der Waals surface area contributed by atoms with Crippen LogP contribution in [0.1, 0.15) is 25.0 Å². The number of fused-ring (bicyclic) bond motifs is 8. The number of pyridine rings is 1. The van der Waals surface area contributed by atoms with Gasteiger partial charge >= 0.3 is 0 Å². The van der Waals surface area contributed by atoms with E-state index in [2.05, 4.69) is 176 Å². The lowest BCUT2D eigenvalue weighted by Crippen LogP contribution is -2.15. The number of hydrogen-bond donors (Lipinski definition) is 0. The first-order valence-corrected chi connectivity index (χ1v) is 19.1. The lowest BCUT2D eigenvalue weighted by atomic mass is 9.82. The molecule has 264 valence electrons. The summed E-state index contributed by atoms with van der Waals surface area (Å²) in [4.78, 5) is 20.6. The standard InChI is InChI=1S/C51H35N5/c1-51(2)41-22-12-9-19-37(41)38-30-29-35(31-42(38)51)50-54-48(33-15-5-3-6-16-33)53-49(55-50)34-27-25-32(26-28-34)46-45-40-21-11-14-24-44(40)56(36-17-7-4-8-18-36)47(45)39-20-10-13-23-43(39)52-46/h3-31H,1-2H3. The van der Waals surface area contributed by atoms with Gasteiger partial charge in [0, 0.05) is 49.5 Å².